The van der Waals surface area contributed by atoms with E-state index in [1.165, 1.54) is 11.3 Å². The summed E-state index contributed by atoms with van der Waals surface area (Å²) < 4.78 is 5.81. The van der Waals surface area contributed by atoms with Crippen LogP contribution in [-0.4, -0.2) is 40.2 Å². The molecule has 0 bridgehead atoms. The molecule has 4 rings (SSSR count). The Labute approximate surface area is 160 Å². The lowest BCUT2D eigenvalue weighted by Gasteiger charge is -2.12. The number of ether oxygens (including phenoxy) is 1. The van der Waals surface area contributed by atoms with Gasteiger partial charge in [-0.1, -0.05) is 6.07 Å². The highest BCUT2D eigenvalue weighted by Crippen LogP contribution is 2.25. The van der Waals surface area contributed by atoms with Gasteiger partial charge in [0.25, 0.3) is 0 Å². The lowest BCUT2D eigenvalue weighted by molar-refractivity contribution is 0.214. The van der Waals surface area contributed by atoms with Gasteiger partial charge in [-0.2, -0.15) is 4.98 Å². The molecule has 3 aromatic rings. The van der Waals surface area contributed by atoms with E-state index >= 15 is 0 Å². The number of anilines is 2. The summed E-state index contributed by atoms with van der Waals surface area (Å²) in [5.41, 5.74) is 0.955. The summed E-state index contributed by atoms with van der Waals surface area (Å²) in [7, 11) is 0. The maximum Gasteiger partial charge on any atom is 0.326 e. The van der Waals surface area contributed by atoms with Gasteiger partial charge in [0.15, 0.2) is 0 Å². The van der Waals surface area contributed by atoms with Crippen molar-refractivity contribution in [2.45, 2.75) is 12.5 Å². The summed E-state index contributed by atoms with van der Waals surface area (Å²) in [5.74, 6) is 1.39. The third-order valence-electron chi connectivity index (χ3n) is 3.94. The summed E-state index contributed by atoms with van der Waals surface area (Å²) in [6.07, 6.45) is 4.48. The number of thiazole rings is 1. The molecule has 8 nitrogen and oxygen atoms in total. The van der Waals surface area contributed by atoms with Crippen LogP contribution in [0.5, 0.6) is 5.88 Å². The van der Waals surface area contributed by atoms with Crippen LogP contribution < -0.4 is 20.7 Å². The largest absolute Gasteiger partial charge is 0.473 e. The van der Waals surface area contributed by atoms with E-state index in [0.29, 0.717) is 17.5 Å². The highest BCUT2D eigenvalue weighted by atomic mass is 32.1. The van der Waals surface area contributed by atoms with Crippen LogP contribution in [0.25, 0.3) is 10.6 Å². The van der Waals surface area contributed by atoms with Crippen molar-refractivity contribution in [3.63, 3.8) is 0 Å². The van der Waals surface area contributed by atoms with Crippen molar-refractivity contribution in [1.82, 2.24) is 20.3 Å². The number of nitrogens with zero attached hydrogens (tertiary/aromatic N) is 3. The first kappa shape index (κ1) is 17.4. The Kier molecular flexibility index (Phi) is 5.22. The van der Waals surface area contributed by atoms with Crippen LogP contribution in [0.15, 0.2) is 48.1 Å². The van der Waals surface area contributed by atoms with E-state index in [0.717, 1.165) is 30.1 Å². The van der Waals surface area contributed by atoms with Gasteiger partial charge in [-0.3, -0.25) is 15.6 Å². The van der Waals surface area contributed by atoms with Crippen LogP contribution in [-0.2, 0) is 0 Å². The van der Waals surface area contributed by atoms with Gasteiger partial charge in [0.2, 0.25) is 5.88 Å². The van der Waals surface area contributed by atoms with E-state index in [2.05, 4.69) is 30.9 Å². The average molecular weight is 382 g/mol. The fourth-order valence-corrected chi connectivity index (χ4v) is 3.43. The molecular formula is C18H18N6O2S. The molecule has 1 aliphatic rings. The van der Waals surface area contributed by atoms with E-state index in [-0.39, 0.29) is 6.10 Å². The maximum atomic E-state index is 12.2. The Bertz CT molecular complexity index is 911. The second-order valence-electron chi connectivity index (χ2n) is 5.95. The minimum absolute atomic E-state index is 0.114. The third-order valence-corrected chi connectivity index (χ3v) is 4.83. The maximum absolute atomic E-state index is 12.2. The molecule has 0 aromatic carbocycles. The number of urea groups is 1. The van der Waals surface area contributed by atoms with Gasteiger partial charge in [-0.05, 0) is 31.2 Å². The van der Waals surface area contributed by atoms with Crippen LogP contribution >= 0.6 is 11.3 Å². The molecule has 0 aliphatic carbocycles. The predicted molar refractivity (Wildman–Crippen MR) is 104 cm³/mol. The SMILES string of the molecule is O=C(Nc1cccc(OC2CCNC2)n1)Nc1csc(-c2ccncc2)n1. The molecule has 1 fully saturated rings. The van der Waals surface area contributed by atoms with Gasteiger partial charge < -0.3 is 10.1 Å². The van der Waals surface area contributed by atoms with Gasteiger partial charge in [-0.25, -0.2) is 9.78 Å². The first-order chi connectivity index (χ1) is 13.3. The zero-order valence-corrected chi connectivity index (χ0v) is 15.2. The number of carbonyl (C=O) groups is 1. The Morgan fingerprint density at radius 3 is 2.81 bits per heavy atom. The lowest BCUT2D eigenvalue weighted by Crippen LogP contribution is -2.22. The molecule has 138 valence electrons. The Hall–Kier alpha value is -3.04. The average Bonchev–Trinajstić information content (AvgIpc) is 3.35. The van der Waals surface area contributed by atoms with Crippen LogP contribution in [0.2, 0.25) is 0 Å². The summed E-state index contributed by atoms with van der Waals surface area (Å²) in [6, 6.07) is 8.63. The molecule has 3 aromatic heterocycles. The van der Waals surface area contributed by atoms with Gasteiger partial charge in [0, 0.05) is 35.9 Å². The first-order valence-electron chi connectivity index (χ1n) is 8.54. The third kappa shape index (κ3) is 4.57. The zero-order valence-electron chi connectivity index (χ0n) is 14.4. The van der Waals surface area contributed by atoms with Crippen LogP contribution in [0.4, 0.5) is 16.4 Å². The Balaban J connectivity index is 1.36. The molecule has 27 heavy (non-hydrogen) atoms. The number of nitrogens with one attached hydrogen (secondary N) is 3. The molecule has 1 saturated heterocycles. The van der Waals surface area contributed by atoms with Crippen molar-refractivity contribution in [2.24, 2.45) is 0 Å². The molecular weight excluding hydrogens is 364 g/mol. The van der Waals surface area contributed by atoms with Crippen LogP contribution in [0, 0.1) is 0 Å². The van der Waals surface area contributed by atoms with Gasteiger partial charge in [0.1, 0.15) is 22.7 Å². The Morgan fingerprint density at radius 1 is 1.15 bits per heavy atom. The monoisotopic (exact) mass is 382 g/mol. The van der Waals surface area contributed by atoms with E-state index < -0.39 is 6.03 Å². The summed E-state index contributed by atoms with van der Waals surface area (Å²) in [5, 5.41) is 11.3. The fraction of sp³-hybridized carbons (Fsp3) is 0.222. The van der Waals surface area contributed by atoms with Crippen molar-refractivity contribution in [3.05, 3.63) is 48.1 Å². The van der Waals surface area contributed by atoms with Crippen molar-refractivity contribution >= 4 is 29.0 Å². The fourth-order valence-electron chi connectivity index (χ4n) is 2.67. The number of hydrogen-bond acceptors (Lipinski definition) is 7. The van der Waals surface area contributed by atoms with E-state index in [1.807, 2.05) is 12.1 Å². The summed E-state index contributed by atoms with van der Waals surface area (Å²) in [4.78, 5) is 25.0. The van der Waals surface area contributed by atoms with E-state index in [1.54, 1.807) is 36.0 Å². The minimum atomic E-state index is -0.409. The Morgan fingerprint density at radius 2 is 2.00 bits per heavy atom. The van der Waals surface area contributed by atoms with Crippen molar-refractivity contribution in [3.8, 4) is 16.5 Å². The molecule has 0 spiro atoms. The molecule has 0 saturated carbocycles. The summed E-state index contributed by atoms with van der Waals surface area (Å²) in [6.45, 7) is 1.75. The van der Waals surface area contributed by atoms with Gasteiger partial charge in [0.05, 0.1) is 0 Å². The van der Waals surface area contributed by atoms with Crippen LogP contribution in [0.1, 0.15) is 6.42 Å². The number of carbonyl (C=O) groups excluding carboxylic acids is 1. The normalized spacial score (nSPS) is 16.1. The standard InChI is InChI=1S/C18H18N6O2S/c25-18(24-15-11-27-17(22-15)12-4-7-19-8-5-12)23-14-2-1-3-16(21-14)26-13-6-9-20-10-13/h1-5,7-8,11,13,20H,6,9-10H2,(H2,21,23,24,25). The van der Waals surface area contributed by atoms with E-state index in [9.17, 15) is 4.79 Å². The number of rotatable bonds is 5. The minimum Gasteiger partial charge on any atom is -0.473 e. The smallest absolute Gasteiger partial charge is 0.326 e. The molecule has 3 N–H and O–H groups in total. The number of amides is 2. The van der Waals surface area contributed by atoms with E-state index in [4.69, 9.17) is 4.74 Å². The summed E-state index contributed by atoms with van der Waals surface area (Å²) >= 11 is 1.45. The molecule has 1 atom stereocenters. The van der Waals surface area contributed by atoms with Crippen molar-refractivity contribution in [1.29, 1.82) is 0 Å². The molecule has 1 unspecified atom stereocenters. The highest BCUT2D eigenvalue weighted by Gasteiger charge is 2.16. The second-order valence-corrected chi connectivity index (χ2v) is 6.80. The molecule has 9 heteroatoms. The topological polar surface area (TPSA) is 101 Å². The van der Waals surface area contributed by atoms with Crippen LogP contribution in [0.3, 0.4) is 0 Å². The predicted octanol–water partition coefficient (Wildman–Crippen LogP) is 2.98. The molecule has 0 radical (unpaired) electrons. The second kappa shape index (κ2) is 8.11. The zero-order chi connectivity index (χ0) is 18.5. The van der Waals surface area contributed by atoms with Gasteiger partial charge in [-0.15, -0.1) is 11.3 Å². The number of aromatic nitrogens is 3. The van der Waals surface area contributed by atoms with Gasteiger partial charge >= 0.3 is 6.03 Å². The van der Waals surface area contributed by atoms with Crippen molar-refractivity contribution in [2.75, 3.05) is 23.7 Å². The number of hydrogen-bond donors (Lipinski definition) is 3. The lowest BCUT2D eigenvalue weighted by atomic mass is 10.3. The first-order valence-corrected chi connectivity index (χ1v) is 9.42. The molecule has 2 amide bonds. The molecule has 4 heterocycles. The quantitative estimate of drug-likeness (QED) is 0.627. The van der Waals surface area contributed by atoms with Crippen molar-refractivity contribution < 1.29 is 9.53 Å². The number of pyridine rings is 2. The highest BCUT2D eigenvalue weighted by molar-refractivity contribution is 7.13. The molecule has 1 aliphatic heterocycles.